The first kappa shape index (κ1) is 21.9. The van der Waals surface area contributed by atoms with E-state index in [1.165, 1.54) is 12.1 Å². The van der Waals surface area contributed by atoms with Gasteiger partial charge in [0.1, 0.15) is 6.04 Å². The van der Waals surface area contributed by atoms with Crippen molar-refractivity contribution >= 4 is 27.5 Å². The minimum absolute atomic E-state index is 0.0174. The van der Waals surface area contributed by atoms with Crippen molar-refractivity contribution in [2.24, 2.45) is 11.3 Å². The Kier molecular flexibility index (Phi) is 7.43. The molecule has 0 spiro atoms. The highest BCUT2D eigenvalue weighted by Gasteiger charge is 2.42. The molecule has 0 aliphatic heterocycles. The van der Waals surface area contributed by atoms with Crippen LogP contribution in [0.15, 0.2) is 29.2 Å². The van der Waals surface area contributed by atoms with Crippen molar-refractivity contribution in [3.05, 3.63) is 29.3 Å². The van der Waals surface area contributed by atoms with Crippen molar-refractivity contribution in [3.63, 3.8) is 0 Å². The Morgan fingerprint density at radius 1 is 1.32 bits per heavy atom. The van der Waals surface area contributed by atoms with Gasteiger partial charge in [0.2, 0.25) is 10.0 Å². The van der Waals surface area contributed by atoms with E-state index in [0.717, 1.165) is 4.31 Å². The van der Waals surface area contributed by atoms with E-state index in [0.29, 0.717) is 11.4 Å². The molecule has 1 rings (SSSR count). The first-order valence-corrected chi connectivity index (χ1v) is 9.94. The third-order valence-electron chi connectivity index (χ3n) is 3.80. The number of nitrogens with one attached hydrogen (secondary N) is 1. The molecule has 0 aliphatic carbocycles. The maximum absolute atomic E-state index is 13.2. The molecule has 1 aromatic carbocycles. The lowest BCUT2D eigenvalue weighted by molar-refractivity contribution is -0.136. The molecule has 1 aromatic rings. The molecule has 8 heteroatoms. The number of hydrogen-bond acceptors (Lipinski definition) is 4. The molecule has 2 N–H and O–H groups in total. The van der Waals surface area contributed by atoms with Crippen LogP contribution in [-0.4, -0.2) is 36.4 Å². The van der Waals surface area contributed by atoms with Crippen molar-refractivity contribution in [1.82, 2.24) is 9.79 Å². The molecule has 0 radical (unpaired) electrons. The van der Waals surface area contributed by atoms with E-state index in [1.807, 2.05) is 13.8 Å². The van der Waals surface area contributed by atoms with E-state index in [1.54, 1.807) is 38.4 Å². The molecule has 0 saturated heterocycles. The average Bonchev–Trinajstić information content (AvgIpc) is 2.49. The minimum Gasteiger partial charge on any atom is -0.289 e. The fourth-order valence-corrected chi connectivity index (χ4v) is 4.64. The standard InChI is InChI=1S/C17H27ClN2O4S/c1-12(2)9-10-20(15(16(21)19-22)17(3,4)5)25(23,24)14-8-6-7-13(18)11-14/h6-8,11-12,15,22H,9-10H2,1-5H3,(H,19,21)/t15-/m0/s1. The van der Waals surface area contributed by atoms with Gasteiger partial charge in [-0.15, -0.1) is 0 Å². The van der Waals surface area contributed by atoms with Crippen LogP contribution in [0.3, 0.4) is 0 Å². The van der Waals surface area contributed by atoms with Gasteiger partial charge in [-0.05, 0) is 36.0 Å². The van der Waals surface area contributed by atoms with Crippen LogP contribution in [0.4, 0.5) is 0 Å². The molecule has 1 amide bonds. The normalized spacial score (nSPS) is 14.0. The van der Waals surface area contributed by atoms with Crippen LogP contribution in [0.2, 0.25) is 5.02 Å². The number of hydroxylamine groups is 1. The molecule has 1 atom stereocenters. The molecule has 6 nitrogen and oxygen atoms in total. The lowest BCUT2D eigenvalue weighted by atomic mass is 9.86. The van der Waals surface area contributed by atoms with Gasteiger partial charge in [0.15, 0.2) is 0 Å². The second-order valence-electron chi connectivity index (χ2n) is 7.50. The molecule has 0 aliphatic rings. The van der Waals surface area contributed by atoms with Crippen LogP contribution >= 0.6 is 11.6 Å². The zero-order valence-electron chi connectivity index (χ0n) is 15.3. The molecule has 0 unspecified atom stereocenters. The van der Waals surface area contributed by atoms with Crippen LogP contribution in [0.25, 0.3) is 0 Å². The van der Waals surface area contributed by atoms with Crippen molar-refractivity contribution < 1.29 is 18.4 Å². The number of amides is 1. The summed E-state index contributed by atoms with van der Waals surface area (Å²) < 4.78 is 27.6. The number of carbonyl (C=O) groups excluding carboxylic acids is 1. The zero-order chi connectivity index (χ0) is 19.4. The van der Waals surface area contributed by atoms with E-state index in [4.69, 9.17) is 16.8 Å². The molecule has 25 heavy (non-hydrogen) atoms. The zero-order valence-corrected chi connectivity index (χ0v) is 16.9. The Morgan fingerprint density at radius 2 is 1.92 bits per heavy atom. The topological polar surface area (TPSA) is 86.7 Å². The number of rotatable bonds is 7. The Labute approximate surface area is 155 Å². The predicted molar refractivity (Wildman–Crippen MR) is 98.0 cm³/mol. The molecular weight excluding hydrogens is 364 g/mol. The largest absolute Gasteiger partial charge is 0.289 e. The number of carbonyl (C=O) groups is 1. The summed E-state index contributed by atoms with van der Waals surface area (Å²) in [5.74, 6) is -0.517. The highest BCUT2D eigenvalue weighted by atomic mass is 35.5. The molecule has 142 valence electrons. The smallest absolute Gasteiger partial charge is 0.262 e. The summed E-state index contributed by atoms with van der Waals surface area (Å²) in [4.78, 5) is 12.3. The van der Waals surface area contributed by atoms with Gasteiger partial charge in [-0.1, -0.05) is 52.3 Å². The quantitative estimate of drug-likeness (QED) is 0.552. The summed E-state index contributed by atoms with van der Waals surface area (Å²) in [6, 6.07) is 4.87. The number of halogens is 1. The van der Waals surface area contributed by atoms with Crippen molar-refractivity contribution in [2.75, 3.05) is 6.54 Å². The first-order chi connectivity index (χ1) is 11.4. The first-order valence-electron chi connectivity index (χ1n) is 8.12. The highest BCUT2D eigenvalue weighted by Crippen LogP contribution is 2.31. The fourth-order valence-electron chi connectivity index (χ4n) is 2.55. The van der Waals surface area contributed by atoms with Crippen LogP contribution in [0.1, 0.15) is 41.0 Å². The van der Waals surface area contributed by atoms with Gasteiger partial charge < -0.3 is 0 Å². The Bertz CT molecular complexity index is 699. The molecule has 0 fully saturated rings. The second-order valence-corrected chi connectivity index (χ2v) is 9.83. The molecule has 0 saturated carbocycles. The Hall–Kier alpha value is -1.15. The van der Waals surface area contributed by atoms with Gasteiger partial charge in [0, 0.05) is 11.6 Å². The molecule has 0 bridgehead atoms. The van der Waals surface area contributed by atoms with E-state index in [2.05, 4.69) is 0 Å². The fraction of sp³-hybridized carbons (Fsp3) is 0.588. The summed E-state index contributed by atoms with van der Waals surface area (Å²) in [5.41, 5.74) is 0.877. The summed E-state index contributed by atoms with van der Waals surface area (Å²) >= 11 is 5.94. The number of hydrogen-bond donors (Lipinski definition) is 2. The van der Waals surface area contributed by atoms with Crippen molar-refractivity contribution in [3.8, 4) is 0 Å². The van der Waals surface area contributed by atoms with Crippen LogP contribution in [-0.2, 0) is 14.8 Å². The predicted octanol–water partition coefficient (Wildman–Crippen LogP) is 3.30. The molecular formula is C17H27ClN2O4S. The maximum Gasteiger partial charge on any atom is 0.262 e. The average molecular weight is 391 g/mol. The second kappa shape index (κ2) is 8.49. The molecule has 0 heterocycles. The highest BCUT2D eigenvalue weighted by molar-refractivity contribution is 7.89. The monoisotopic (exact) mass is 390 g/mol. The number of benzene rings is 1. The van der Waals surface area contributed by atoms with E-state index >= 15 is 0 Å². The van der Waals surface area contributed by atoms with Gasteiger partial charge in [-0.25, -0.2) is 13.9 Å². The van der Waals surface area contributed by atoms with E-state index in [-0.39, 0.29) is 17.4 Å². The van der Waals surface area contributed by atoms with Crippen molar-refractivity contribution in [2.45, 2.75) is 52.0 Å². The van der Waals surface area contributed by atoms with Crippen LogP contribution in [0.5, 0.6) is 0 Å². The summed E-state index contributed by atoms with van der Waals surface area (Å²) in [7, 11) is -3.98. The van der Waals surface area contributed by atoms with Crippen molar-refractivity contribution in [1.29, 1.82) is 0 Å². The minimum atomic E-state index is -3.98. The summed E-state index contributed by atoms with van der Waals surface area (Å²) in [6.07, 6.45) is 0.574. The lowest BCUT2D eigenvalue weighted by Crippen LogP contribution is -2.55. The lowest BCUT2D eigenvalue weighted by Gasteiger charge is -2.37. The van der Waals surface area contributed by atoms with Gasteiger partial charge in [0.05, 0.1) is 4.90 Å². The van der Waals surface area contributed by atoms with Gasteiger partial charge in [-0.3, -0.25) is 10.0 Å². The number of nitrogens with zero attached hydrogens (tertiary/aromatic N) is 1. The Balaban J connectivity index is 3.47. The third kappa shape index (κ3) is 5.67. The maximum atomic E-state index is 13.2. The van der Waals surface area contributed by atoms with E-state index in [9.17, 15) is 13.2 Å². The van der Waals surface area contributed by atoms with E-state index < -0.39 is 27.4 Å². The van der Waals surface area contributed by atoms with Crippen LogP contribution < -0.4 is 5.48 Å². The molecule has 0 aromatic heterocycles. The van der Waals surface area contributed by atoms with Gasteiger partial charge >= 0.3 is 0 Å². The SMILES string of the molecule is CC(C)CCN([C@@H](C(=O)NO)C(C)(C)C)S(=O)(=O)c1cccc(Cl)c1. The summed E-state index contributed by atoms with van der Waals surface area (Å²) in [5, 5.41) is 9.43. The van der Waals surface area contributed by atoms with Gasteiger partial charge in [0.25, 0.3) is 5.91 Å². The van der Waals surface area contributed by atoms with Gasteiger partial charge in [-0.2, -0.15) is 4.31 Å². The third-order valence-corrected chi connectivity index (χ3v) is 5.89. The Morgan fingerprint density at radius 3 is 2.36 bits per heavy atom. The number of sulfonamides is 1. The summed E-state index contributed by atoms with van der Waals surface area (Å²) in [6.45, 7) is 9.36. The van der Waals surface area contributed by atoms with Crippen LogP contribution in [0, 0.1) is 11.3 Å².